The molecule has 1 aliphatic rings. The van der Waals surface area contributed by atoms with E-state index in [4.69, 9.17) is 18.0 Å². The molecule has 18 heavy (non-hydrogen) atoms. The first-order valence-corrected chi connectivity index (χ1v) is 6.12. The second-order valence-electron chi connectivity index (χ2n) is 5.29. The molecule has 1 aromatic carbocycles. The van der Waals surface area contributed by atoms with Gasteiger partial charge in [-0.3, -0.25) is 4.79 Å². The first-order chi connectivity index (χ1) is 8.31. The van der Waals surface area contributed by atoms with Crippen LogP contribution in [-0.4, -0.2) is 10.9 Å². The summed E-state index contributed by atoms with van der Waals surface area (Å²) in [6.45, 7) is 4.03. The van der Waals surface area contributed by atoms with E-state index in [1.165, 1.54) is 12.1 Å². The van der Waals surface area contributed by atoms with Crippen molar-refractivity contribution in [2.45, 2.75) is 20.3 Å². The Hall–Kier alpha value is -1.49. The fourth-order valence-corrected chi connectivity index (χ4v) is 2.03. The summed E-state index contributed by atoms with van der Waals surface area (Å²) in [5, 5.41) is 2.60. The van der Waals surface area contributed by atoms with E-state index >= 15 is 0 Å². The average molecular weight is 266 g/mol. The number of carbonyl (C=O) groups excluding carboxylic acids is 1. The molecule has 1 amide bonds. The minimum absolute atomic E-state index is 0.0271. The Bertz CT molecular complexity index is 528. The molecule has 0 heterocycles. The van der Waals surface area contributed by atoms with Gasteiger partial charge in [-0.15, -0.1) is 0 Å². The molecular formula is C13H15FN2OS. The second kappa shape index (κ2) is 4.31. The maximum atomic E-state index is 13.7. The summed E-state index contributed by atoms with van der Waals surface area (Å²) in [7, 11) is 0. The van der Waals surface area contributed by atoms with E-state index in [2.05, 4.69) is 5.32 Å². The van der Waals surface area contributed by atoms with Crippen LogP contribution in [0.1, 0.15) is 25.8 Å². The van der Waals surface area contributed by atoms with Crippen LogP contribution >= 0.6 is 12.2 Å². The largest absolute Gasteiger partial charge is 0.389 e. The number of amides is 1. The molecule has 0 aromatic heterocycles. The molecule has 3 N–H and O–H groups in total. The molecular weight excluding hydrogens is 251 g/mol. The molecule has 1 aliphatic carbocycles. The van der Waals surface area contributed by atoms with Gasteiger partial charge >= 0.3 is 0 Å². The Kier molecular flexibility index (Phi) is 3.11. The van der Waals surface area contributed by atoms with E-state index in [1.54, 1.807) is 6.07 Å². The molecule has 1 atom stereocenters. The van der Waals surface area contributed by atoms with Crippen molar-refractivity contribution < 1.29 is 9.18 Å². The molecule has 96 valence electrons. The Labute approximate surface area is 111 Å². The van der Waals surface area contributed by atoms with Crippen molar-refractivity contribution in [3.63, 3.8) is 0 Å². The van der Waals surface area contributed by atoms with Crippen molar-refractivity contribution >= 4 is 28.8 Å². The van der Waals surface area contributed by atoms with E-state index in [-0.39, 0.29) is 27.9 Å². The molecule has 0 radical (unpaired) electrons. The van der Waals surface area contributed by atoms with Crippen LogP contribution in [0.3, 0.4) is 0 Å². The number of hydrogen-bond donors (Lipinski definition) is 2. The van der Waals surface area contributed by atoms with Crippen LogP contribution in [0, 0.1) is 17.2 Å². The van der Waals surface area contributed by atoms with Gasteiger partial charge in [-0.25, -0.2) is 4.39 Å². The number of anilines is 1. The van der Waals surface area contributed by atoms with E-state index in [0.29, 0.717) is 5.56 Å². The summed E-state index contributed by atoms with van der Waals surface area (Å²) in [6.07, 6.45) is 0.839. The summed E-state index contributed by atoms with van der Waals surface area (Å²) in [4.78, 5) is 12.0. The van der Waals surface area contributed by atoms with Gasteiger partial charge in [0.15, 0.2) is 0 Å². The van der Waals surface area contributed by atoms with Gasteiger partial charge in [-0.2, -0.15) is 0 Å². The van der Waals surface area contributed by atoms with Gasteiger partial charge in [0.2, 0.25) is 5.91 Å². The van der Waals surface area contributed by atoms with Crippen molar-refractivity contribution in [3.05, 3.63) is 29.6 Å². The smallest absolute Gasteiger partial charge is 0.228 e. The number of hydrogen-bond acceptors (Lipinski definition) is 2. The van der Waals surface area contributed by atoms with Crippen molar-refractivity contribution in [1.29, 1.82) is 0 Å². The van der Waals surface area contributed by atoms with E-state index < -0.39 is 5.82 Å². The average Bonchev–Trinajstić information content (AvgIpc) is 2.90. The van der Waals surface area contributed by atoms with Crippen LogP contribution in [-0.2, 0) is 4.79 Å². The van der Waals surface area contributed by atoms with Crippen LogP contribution < -0.4 is 11.1 Å². The Morgan fingerprint density at radius 3 is 2.61 bits per heavy atom. The highest BCUT2D eigenvalue weighted by molar-refractivity contribution is 7.80. The maximum Gasteiger partial charge on any atom is 0.228 e. The highest BCUT2D eigenvalue weighted by Crippen LogP contribution is 2.52. The number of benzene rings is 1. The van der Waals surface area contributed by atoms with Crippen molar-refractivity contribution in [3.8, 4) is 0 Å². The van der Waals surface area contributed by atoms with Gasteiger partial charge in [0, 0.05) is 11.5 Å². The summed E-state index contributed by atoms with van der Waals surface area (Å²) in [6, 6.07) is 4.31. The van der Waals surface area contributed by atoms with Crippen molar-refractivity contribution in [2.24, 2.45) is 17.1 Å². The van der Waals surface area contributed by atoms with E-state index in [9.17, 15) is 9.18 Å². The van der Waals surface area contributed by atoms with Gasteiger partial charge in [-0.05, 0) is 30.0 Å². The number of carbonyl (C=O) groups is 1. The molecule has 2 rings (SSSR count). The van der Waals surface area contributed by atoms with Crippen LogP contribution in [0.15, 0.2) is 18.2 Å². The SMILES string of the molecule is CC1(C)CC1C(=O)Nc1ccc(C(N)=S)cc1F. The van der Waals surface area contributed by atoms with E-state index in [0.717, 1.165) is 6.42 Å². The third kappa shape index (κ3) is 2.51. The third-order valence-electron chi connectivity index (χ3n) is 3.34. The molecule has 3 nitrogen and oxygen atoms in total. The zero-order valence-corrected chi connectivity index (χ0v) is 11.1. The minimum atomic E-state index is -0.521. The third-order valence-corrected chi connectivity index (χ3v) is 3.58. The van der Waals surface area contributed by atoms with Gasteiger partial charge in [0.1, 0.15) is 10.8 Å². The highest BCUT2D eigenvalue weighted by Gasteiger charge is 2.50. The Morgan fingerprint density at radius 1 is 1.56 bits per heavy atom. The Morgan fingerprint density at radius 2 is 2.17 bits per heavy atom. The van der Waals surface area contributed by atoms with Crippen LogP contribution in [0.4, 0.5) is 10.1 Å². The first-order valence-electron chi connectivity index (χ1n) is 5.71. The van der Waals surface area contributed by atoms with Crippen molar-refractivity contribution in [2.75, 3.05) is 5.32 Å². The maximum absolute atomic E-state index is 13.7. The summed E-state index contributed by atoms with van der Waals surface area (Å²) in [5.74, 6) is -0.693. The zero-order chi connectivity index (χ0) is 13.5. The molecule has 1 unspecified atom stereocenters. The predicted octanol–water partition coefficient (Wildman–Crippen LogP) is 2.44. The lowest BCUT2D eigenvalue weighted by molar-refractivity contribution is -0.118. The monoisotopic (exact) mass is 266 g/mol. The predicted molar refractivity (Wildman–Crippen MR) is 72.8 cm³/mol. The fraction of sp³-hybridized carbons (Fsp3) is 0.385. The summed E-state index contributed by atoms with van der Waals surface area (Å²) in [5.41, 5.74) is 6.05. The number of rotatable bonds is 3. The lowest BCUT2D eigenvalue weighted by atomic mass is 10.1. The molecule has 5 heteroatoms. The molecule has 0 aliphatic heterocycles. The van der Waals surface area contributed by atoms with Crippen molar-refractivity contribution in [1.82, 2.24) is 0 Å². The normalized spacial score (nSPS) is 20.3. The minimum Gasteiger partial charge on any atom is -0.389 e. The number of halogens is 1. The van der Waals surface area contributed by atoms with Gasteiger partial charge < -0.3 is 11.1 Å². The van der Waals surface area contributed by atoms with Crippen LogP contribution in [0.5, 0.6) is 0 Å². The molecule has 0 spiro atoms. The summed E-state index contributed by atoms with van der Waals surface area (Å²) >= 11 is 4.76. The Balaban J connectivity index is 2.11. The van der Waals surface area contributed by atoms with Gasteiger partial charge in [0.25, 0.3) is 0 Å². The fourth-order valence-electron chi connectivity index (χ4n) is 1.90. The molecule has 0 saturated heterocycles. The second-order valence-corrected chi connectivity index (χ2v) is 5.73. The zero-order valence-electron chi connectivity index (χ0n) is 10.3. The van der Waals surface area contributed by atoms with Gasteiger partial charge in [-0.1, -0.05) is 26.1 Å². The topological polar surface area (TPSA) is 55.1 Å². The van der Waals surface area contributed by atoms with Gasteiger partial charge in [0.05, 0.1) is 5.69 Å². The molecule has 1 saturated carbocycles. The number of nitrogens with two attached hydrogens (primary N) is 1. The van der Waals surface area contributed by atoms with Crippen LogP contribution in [0.2, 0.25) is 0 Å². The highest BCUT2D eigenvalue weighted by atomic mass is 32.1. The quantitative estimate of drug-likeness (QED) is 0.826. The molecule has 0 bridgehead atoms. The standard InChI is InChI=1S/C13H15FN2OS/c1-13(2)6-8(13)12(17)16-10-4-3-7(11(15)18)5-9(10)14/h3-5,8H,6H2,1-2H3,(H2,15,18)(H,16,17). The first kappa shape index (κ1) is 13.0. The van der Waals surface area contributed by atoms with Crippen LogP contribution in [0.25, 0.3) is 0 Å². The lowest BCUT2D eigenvalue weighted by Crippen LogP contribution is -2.18. The lowest BCUT2D eigenvalue weighted by Gasteiger charge is -2.08. The number of nitrogens with one attached hydrogen (secondary N) is 1. The molecule has 1 aromatic rings. The summed E-state index contributed by atoms with van der Waals surface area (Å²) < 4.78 is 13.7. The van der Waals surface area contributed by atoms with E-state index in [1.807, 2.05) is 13.8 Å². The number of thiocarbonyl (C=S) groups is 1. The molecule has 1 fully saturated rings.